The van der Waals surface area contributed by atoms with E-state index in [4.69, 9.17) is 5.11 Å². The fraction of sp³-hybridized carbons (Fsp3) is 0.462. The van der Waals surface area contributed by atoms with Gasteiger partial charge in [-0.05, 0) is 37.1 Å². The number of benzene rings is 1. The van der Waals surface area contributed by atoms with Crippen LogP contribution in [-0.2, 0) is 11.3 Å². The summed E-state index contributed by atoms with van der Waals surface area (Å²) in [5.41, 5.74) is 1.24. The third-order valence-corrected chi connectivity index (χ3v) is 3.74. The van der Waals surface area contributed by atoms with Gasteiger partial charge in [0.25, 0.3) is 0 Å². The zero-order valence-corrected chi connectivity index (χ0v) is 11.2. The molecular formula is C13H16BrNO2. The molecule has 1 N–H and O–H groups in total. The second-order valence-corrected chi connectivity index (χ2v) is 5.41. The number of likely N-dealkylation sites (tertiary alicyclic amines) is 1. The highest BCUT2D eigenvalue weighted by atomic mass is 79.9. The van der Waals surface area contributed by atoms with Crippen molar-refractivity contribution in [2.24, 2.45) is 0 Å². The van der Waals surface area contributed by atoms with Crippen molar-refractivity contribution in [1.82, 2.24) is 4.90 Å². The first-order chi connectivity index (χ1) is 8.15. The molecule has 4 heteroatoms. The molecule has 1 aliphatic heterocycles. The van der Waals surface area contributed by atoms with Gasteiger partial charge in [-0.15, -0.1) is 0 Å². The van der Waals surface area contributed by atoms with E-state index in [1.807, 2.05) is 12.1 Å². The third kappa shape index (κ3) is 3.54. The number of nitrogens with zero attached hydrogens (tertiary/aromatic N) is 1. The van der Waals surface area contributed by atoms with Crippen LogP contribution in [0.15, 0.2) is 28.7 Å². The molecule has 92 valence electrons. The quantitative estimate of drug-likeness (QED) is 0.929. The molecule has 0 amide bonds. The summed E-state index contributed by atoms with van der Waals surface area (Å²) in [6.45, 7) is 1.86. The van der Waals surface area contributed by atoms with Crippen molar-refractivity contribution in [2.45, 2.75) is 31.8 Å². The van der Waals surface area contributed by atoms with Gasteiger partial charge < -0.3 is 5.11 Å². The summed E-state index contributed by atoms with van der Waals surface area (Å²) in [6.07, 6.45) is 2.37. The standard InChI is InChI=1S/C13H16BrNO2/c14-11-5-3-10(4-6-11)9-15-7-1-2-12(15)8-13(16)17/h3-6,12H,1-2,7-9H2,(H,16,17). The Kier molecular flexibility index (Phi) is 4.18. The normalized spacial score (nSPS) is 20.6. The summed E-state index contributed by atoms with van der Waals surface area (Å²) in [5, 5.41) is 8.86. The molecule has 1 heterocycles. The second-order valence-electron chi connectivity index (χ2n) is 4.49. The minimum atomic E-state index is -0.697. The smallest absolute Gasteiger partial charge is 0.304 e. The SMILES string of the molecule is O=C(O)CC1CCCN1Cc1ccc(Br)cc1. The van der Waals surface area contributed by atoms with E-state index in [1.165, 1.54) is 5.56 Å². The van der Waals surface area contributed by atoms with Gasteiger partial charge in [0, 0.05) is 17.1 Å². The first kappa shape index (κ1) is 12.6. The van der Waals surface area contributed by atoms with Crippen LogP contribution < -0.4 is 0 Å². The molecule has 17 heavy (non-hydrogen) atoms. The van der Waals surface area contributed by atoms with Crippen molar-refractivity contribution in [2.75, 3.05) is 6.54 Å². The topological polar surface area (TPSA) is 40.5 Å². The summed E-state index contributed by atoms with van der Waals surface area (Å²) < 4.78 is 1.07. The highest BCUT2D eigenvalue weighted by Gasteiger charge is 2.26. The lowest BCUT2D eigenvalue weighted by Crippen LogP contribution is -2.30. The van der Waals surface area contributed by atoms with E-state index in [0.29, 0.717) is 0 Å². The predicted octanol–water partition coefficient (Wildman–Crippen LogP) is 2.89. The van der Waals surface area contributed by atoms with Crippen LogP contribution in [0.3, 0.4) is 0 Å². The van der Waals surface area contributed by atoms with E-state index in [9.17, 15) is 4.79 Å². The summed E-state index contributed by atoms with van der Waals surface area (Å²) in [7, 11) is 0. The Labute approximate surface area is 110 Å². The molecule has 0 spiro atoms. The summed E-state index contributed by atoms with van der Waals surface area (Å²) in [5.74, 6) is -0.697. The predicted molar refractivity (Wildman–Crippen MR) is 69.8 cm³/mol. The number of halogens is 1. The molecule has 0 saturated carbocycles. The van der Waals surface area contributed by atoms with E-state index in [1.54, 1.807) is 0 Å². The Morgan fingerprint density at radius 3 is 2.76 bits per heavy atom. The van der Waals surface area contributed by atoms with Gasteiger partial charge in [0.1, 0.15) is 0 Å². The van der Waals surface area contributed by atoms with E-state index < -0.39 is 5.97 Å². The Balaban J connectivity index is 1.97. The number of rotatable bonds is 4. The number of aliphatic carboxylic acids is 1. The minimum Gasteiger partial charge on any atom is -0.481 e. The third-order valence-electron chi connectivity index (χ3n) is 3.21. The Morgan fingerprint density at radius 2 is 2.12 bits per heavy atom. The van der Waals surface area contributed by atoms with Crippen LogP contribution in [-0.4, -0.2) is 28.6 Å². The highest BCUT2D eigenvalue weighted by Crippen LogP contribution is 2.23. The van der Waals surface area contributed by atoms with E-state index in [0.717, 1.165) is 30.4 Å². The zero-order chi connectivity index (χ0) is 12.3. The summed E-state index contributed by atoms with van der Waals surface area (Å²) >= 11 is 3.41. The molecule has 0 bridgehead atoms. The fourth-order valence-corrected chi connectivity index (χ4v) is 2.62. The van der Waals surface area contributed by atoms with Gasteiger partial charge in [0.15, 0.2) is 0 Å². The van der Waals surface area contributed by atoms with Crippen LogP contribution in [0.4, 0.5) is 0 Å². The van der Waals surface area contributed by atoms with Crippen LogP contribution in [0.2, 0.25) is 0 Å². The van der Waals surface area contributed by atoms with Crippen LogP contribution in [0.1, 0.15) is 24.8 Å². The largest absolute Gasteiger partial charge is 0.481 e. The molecule has 0 aliphatic carbocycles. The van der Waals surface area contributed by atoms with E-state index >= 15 is 0 Å². The minimum absolute atomic E-state index is 0.205. The van der Waals surface area contributed by atoms with E-state index in [-0.39, 0.29) is 12.5 Å². The Hall–Kier alpha value is -0.870. The molecule has 2 rings (SSSR count). The molecule has 1 fully saturated rings. The van der Waals surface area contributed by atoms with Crippen LogP contribution in [0.25, 0.3) is 0 Å². The maximum Gasteiger partial charge on any atom is 0.304 e. The fourth-order valence-electron chi connectivity index (χ4n) is 2.36. The van der Waals surface area contributed by atoms with Gasteiger partial charge in [0.05, 0.1) is 6.42 Å². The van der Waals surface area contributed by atoms with Crippen molar-refractivity contribution in [3.05, 3.63) is 34.3 Å². The van der Waals surface area contributed by atoms with Crippen molar-refractivity contribution >= 4 is 21.9 Å². The lowest BCUT2D eigenvalue weighted by Gasteiger charge is -2.23. The maximum atomic E-state index is 10.8. The van der Waals surface area contributed by atoms with E-state index in [2.05, 4.69) is 33.0 Å². The van der Waals surface area contributed by atoms with Gasteiger partial charge >= 0.3 is 5.97 Å². The lowest BCUT2D eigenvalue weighted by atomic mass is 10.1. The number of hydrogen-bond donors (Lipinski definition) is 1. The monoisotopic (exact) mass is 297 g/mol. The van der Waals surface area contributed by atoms with Crippen molar-refractivity contribution in [1.29, 1.82) is 0 Å². The van der Waals surface area contributed by atoms with Crippen LogP contribution in [0.5, 0.6) is 0 Å². The average Bonchev–Trinajstić information content (AvgIpc) is 2.68. The second kappa shape index (κ2) is 5.65. The Bertz CT molecular complexity index is 391. The van der Waals surface area contributed by atoms with Crippen molar-refractivity contribution in [3.8, 4) is 0 Å². The number of carbonyl (C=O) groups is 1. The first-order valence-corrected chi connectivity index (χ1v) is 6.65. The molecule has 1 saturated heterocycles. The average molecular weight is 298 g/mol. The van der Waals surface area contributed by atoms with Gasteiger partial charge in [-0.25, -0.2) is 0 Å². The first-order valence-electron chi connectivity index (χ1n) is 5.85. The molecule has 1 aromatic rings. The molecule has 1 atom stereocenters. The molecule has 0 aromatic heterocycles. The summed E-state index contributed by atoms with van der Waals surface area (Å²) in [6, 6.07) is 8.42. The maximum absolute atomic E-state index is 10.8. The summed E-state index contributed by atoms with van der Waals surface area (Å²) in [4.78, 5) is 13.0. The van der Waals surface area contributed by atoms with Crippen molar-refractivity contribution < 1.29 is 9.90 Å². The molecule has 0 radical (unpaired) electrons. The molecule has 3 nitrogen and oxygen atoms in total. The zero-order valence-electron chi connectivity index (χ0n) is 9.60. The molecular weight excluding hydrogens is 282 g/mol. The van der Waals surface area contributed by atoms with Gasteiger partial charge in [0.2, 0.25) is 0 Å². The van der Waals surface area contributed by atoms with Crippen molar-refractivity contribution in [3.63, 3.8) is 0 Å². The number of carboxylic acid groups (broad SMARTS) is 1. The number of hydrogen-bond acceptors (Lipinski definition) is 2. The molecule has 1 unspecified atom stereocenters. The number of carboxylic acids is 1. The highest BCUT2D eigenvalue weighted by molar-refractivity contribution is 9.10. The molecule has 1 aliphatic rings. The van der Waals surface area contributed by atoms with Crippen LogP contribution in [0, 0.1) is 0 Å². The van der Waals surface area contributed by atoms with Gasteiger partial charge in [-0.1, -0.05) is 28.1 Å². The van der Waals surface area contributed by atoms with Gasteiger partial charge in [-0.2, -0.15) is 0 Å². The van der Waals surface area contributed by atoms with Gasteiger partial charge in [-0.3, -0.25) is 9.69 Å². The Morgan fingerprint density at radius 1 is 1.41 bits per heavy atom. The molecule has 1 aromatic carbocycles. The lowest BCUT2D eigenvalue weighted by molar-refractivity contribution is -0.138. The van der Waals surface area contributed by atoms with Crippen LogP contribution >= 0.6 is 15.9 Å².